The number of methoxy groups -OCH3 is 1. The molecule has 0 radical (unpaired) electrons. The third-order valence-electron chi connectivity index (χ3n) is 3.74. The van der Waals surface area contributed by atoms with E-state index in [0.29, 0.717) is 13.2 Å². The highest BCUT2D eigenvalue weighted by Crippen LogP contribution is 2.15. The van der Waals surface area contributed by atoms with Gasteiger partial charge in [-0.2, -0.15) is 0 Å². The molecule has 7 nitrogen and oxygen atoms in total. The van der Waals surface area contributed by atoms with Gasteiger partial charge in [-0.1, -0.05) is 6.07 Å². The van der Waals surface area contributed by atoms with Gasteiger partial charge < -0.3 is 25.0 Å². The second kappa shape index (κ2) is 10.1. The summed E-state index contributed by atoms with van der Waals surface area (Å²) >= 11 is 0. The normalized spacial score (nSPS) is 18.5. The summed E-state index contributed by atoms with van der Waals surface area (Å²) in [5.41, 5.74) is 1.09. The summed E-state index contributed by atoms with van der Waals surface area (Å²) < 4.78 is 10.6. The lowest BCUT2D eigenvalue weighted by Crippen LogP contribution is -2.41. The van der Waals surface area contributed by atoms with Crippen LogP contribution < -0.4 is 15.5 Å². The number of aromatic nitrogens is 1. The van der Waals surface area contributed by atoms with E-state index in [2.05, 4.69) is 44.6 Å². The first-order valence-electron chi connectivity index (χ1n) is 8.55. The van der Waals surface area contributed by atoms with E-state index in [9.17, 15) is 0 Å². The molecule has 1 aliphatic rings. The Kier molecular flexibility index (Phi) is 7.77. The molecule has 1 unspecified atom stereocenters. The van der Waals surface area contributed by atoms with Crippen LogP contribution >= 0.6 is 0 Å². The summed E-state index contributed by atoms with van der Waals surface area (Å²) in [6.07, 6.45) is 2.16. The van der Waals surface area contributed by atoms with Crippen LogP contribution in [0.25, 0.3) is 0 Å². The molecule has 7 heteroatoms. The zero-order valence-corrected chi connectivity index (χ0v) is 14.9. The van der Waals surface area contributed by atoms with Gasteiger partial charge >= 0.3 is 0 Å². The van der Waals surface area contributed by atoms with Crippen molar-refractivity contribution in [3.63, 3.8) is 0 Å². The SMILES string of the molecule is CCNC(=NCc1ccc(N2CCOC(C)C2)nc1)NCCOC. The first-order chi connectivity index (χ1) is 11.7. The molecule has 0 bridgehead atoms. The molecule has 2 rings (SSSR count). The van der Waals surface area contributed by atoms with Gasteiger partial charge in [-0.25, -0.2) is 9.98 Å². The monoisotopic (exact) mass is 335 g/mol. The Bertz CT molecular complexity index is 506. The van der Waals surface area contributed by atoms with Crippen LogP contribution in [-0.2, 0) is 16.0 Å². The molecule has 1 fully saturated rings. The zero-order chi connectivity index (χ0) is 17.2. The second-order valence-corrected chi connectivity index (χ2v) is 5.77. The second-order valence-electron chi connectivity index (χ2n) is 5.77. The summed E-state index contributed by atoms with van der Waals surface area (Å²) in [6.45, 7) is 9.48. The van der Waals surface area contributed by atoms with Crippen molar-refractivity contribution in [2.45, 2.75) is 26.5 Å². The van der Waals surface area contributed by atoms with Crippen molar-refractivity contribution in [2.24, 2.45) is 4.99 Å². The van der Waals surface area contributed by atoms with Crippen LogP contribution in [0.15, 0.2) is 23.3 Å². The van der Waals surface area contributed by atoms with Crippen LogP contribution in [-0.4, -0.2) is 63.6 Å². The van der Waals surface area contributed by atoms with Crippen LogP contribution in [0, 0.1) is 0 Å². The number of anilines is 1. The van der Waals surface area contributed by atoms with Crippen LogP contribution in [0.4, 0.5) is 5.82 Å². The van der Waals surface area contributed by atoms with Gasteiger partial charge in [0.05, 0.1) is 25.9 Å². The van der Waals surface area contributed by atoms with Crippen LogP contribution in [0.5, 0.6) is 0 Å². The summed E-state index contributed by atoms with van der Waals surface area (Å²) in [5.74, 6) is 1.80. The fourth-order valence-electron chi connectivity index (χ4n) is 2.51. The van der Waals surface area contributed by atoms with Gasteiger partial charge in [0.15, 0.2) is 5.96 Å². The van der Waals surface area contributed by atoms with E-state index in [1.54, 1.807) is 7.11 Å². The van der Waals surface area contributed by atoms with Crippen molar-refractivity contribution < 1.29 is 9.47 Å². The Morgan fingerprint density at radius 1 is 1.46 bits per heavy atom. The fourth-order valence-corrected chi connectivity index (χ4v) is 2.51. The number of ether oxygens (including phenoxy) is 2. The maximum Gasteiger partial charge on any atom is 0.191 e. The minimum atomic E-state index is 0.255. The molecule has 2 N–H and O–H groups in total. The molecule has 0 spiro atoms. The molecular weight excluding hydrogens is 306 g/mol. The fraction of sp³-hybridized carbons (Fsp3) is 0.647. The Hall–Kier alpha value is -1.86. The molecule has 0 aromatic carbocycles. The average molecular weight is 335 g/mol. The summed E-state index contributed by atoms with van der Waals surface area (Å²) in [7, 11) is 1.69. The summed E-state index contributed by atoms with van der Waals surface area (Å²) in [5, 5.41) is 6.45. The molecular formula is C17H29N5O2. The third kappa shape index (κ3) is 5.98. The van der Waals surface area contributed by atoms with Crippen LogP contribution in [0.3, 0.4) is 0 Å². The molecule has 0 amide bonds. The maximum atomic E-state index is 5.57. The van der Waals surface area contributed by atoms with Gasteiger partial charge in [0.1, 0.15) is 5.82 Å². The van der Waals surface area contributed by atoms with Crippen molar-refractivity contribution in [3.05, 3.63) is 23.9 Å². The van der Waals surface area contributed by atoms with Crippen LogP contribution in [0.1, 0.15) is 19.4 Å². The molecule has 24 heavy (non-hydrogen) atoms. The predicted octanol–water partition coefficient (Wildman–Crippen LogP) is 1.01. The van der Waals surface area contributed by atoms with Gasteiger partial charge in [-0.3, -0.25) is 0 Å². The largest absolute Gasteiger partial charge is 0.383 e. The number of morpholine rings is 1. The van der Waals surface area contributed by atoms with E-state index < -0.39 is 0 Å². The van der Waals surface area contributed by atoms with E-state index in [0.717, 1.165) is 50.1 Å². The van der Waals surface area contributed by atoms with Crippen LogP contribution in [0.2, 0.25) is 0 Å². The molecule has 0 aliphatic carbocycles. The quantitative estimate of drug-likeness (QED) is 0.440. The van der Waals surface area contributed by atoms with E-state index in [1.807, 2.05) is 13.1 Å². The first-order valence-corrected chi connectivity index (χ1v) is 8.55. The highest BCUT2D eigenvalue weighted by Gasteiger charge is 2.17. The molecule has 2 heterocycles. The molecule has 1 aromatic rings. The molecule has 0 saturated carbocycles. The maximum absolute atomic E-state index is 5.57. The van der Waals surface area contributed by atoms with E-state index in [1.165, 1.54) is 0 Å². The van der Waals surface area contributed by atoms with E-state index >= 15 is 0 Å². The van der Waals surface area contributed by atoms with Gasteiger partial charge in [-0.15, -0.1) is 0 Å². The van der Waals surface area contributed by atoms with Gasteiger partial charge in [0.25, 0.3) is 0 Å². The Labute approximate surface area is 144 Å². The van der Waals surface area contributed by atoms with E-state index in [4.69, 9.17) is 9.47 Å². The first kappa shape index (κ1) is 18.5. The summed E-state index contributed by atoms with van der Waals surface area (Å²) in [4.78, 5) is 11.4. The molecule has 1 aliphatic heterocycles. The zero-order valence-electron chi connectivity index (χ0n) is 14.9. The van der Waals surface area contributed by atoms with Crippen molar-refractivity contribution in [1.29, 1.82) is 0 Å². The Morgan fingerprint density at radius 3 is 3.00 bits per heavy atom. The van der Waals surface area contributed by atoms with Crippen molar-refractivity contribution in [3.8, 4) is 0 Å². The number of rotatable bonds is 7. The minimum Gasteiger partial charge on any atom is -0.383 e. The van der Waals surface area contributed by atoms with Crippen molar-refractivity contribution in [2.75, 3.05) is 51.4 Å². The predicted molar refractivity (Wildman–Crippen MR) is 96.6 cm³/mol. The Morgan fingerprint density at radius 2 is 2.33 bits per heavy atom. The molecule has 1 aromatic heterocycles. The van der Waals surface area contributed by atoms with Gasteiger partial charge in [0, 0.05) is 39.5 Å². The molecule has 1 saturated heterocycles. The topological polar surface area (TPSA) is 71.0 Å². The van der Waals surface area contributed by atoms with Crippen molar-refractivity contribution >= 4 is 11.8 Å². The lowest BCUT2D eigenvalue weighted by Gasteiger charge is -2.32. The van der Waals surface area contributed by atoms with Gasteiger partial charge in [-0.05, 0) is 25.5 Å². The van der Waals surface area contributed by atoms with E-state index in [-0.39, 0.29) is 6.10 Å². The number of hydrogen-bond acceptors (Lipinski definition) is 5. The lowest BCUT2D eigenvalue weighted by atomic mass is 10.2. The standard InChI is InChI=1S/C17H29N5O2/c1-4-18-17(19-7-9-23-3)21-12-15-5-6-16(20-11-15)22-8-10-24-14(2)13-22/h5-6,11,14H,4,7-10,12-13H2,1-3H3,(H2,18,19,21). The number of nitrogens with one attached hydrogen (secondary N) is 2. The highest BCUT2D eigenvalue weighted by molar-refractivity contribution is 5.79. The van der Waals surface area contributed by atoms with Gasteiger partial charge in [0.2, 0.25) is 0 Å². The number of nitrogens with zero attached hydrogens (tertiary/aromatic N) is 3. The highest BCUT2D eigenvalue weighted by atomic mass is 16.5. The Balaban J connectivity index is 1.90. The number of aliphatic imine (C=N–C) groups is 1. The van der Waals surface area contributed by atoms with Crippen molar-refractivity contribution in [1.82, 2.24) is 15.6 Å². The number of pyridine rings is 1. The third-order valence-corrected chi connectivity index (χ3v) is 3.74. The molecule has 1 atom stereocenters. The molecule has 134 valence electrons. The average Bonchev–Trinajstić information content (AvgIpc) is 2.60. The number of hydrogen-bond donors (Lipinski definition) is 2. The number of guanidine groups is 1. The minimum absolute atomic E-state index is 0.255. The lowest BCUT2D eigenvalue weighted by molar-refractivity contribution is 0.0529. The summed E-state index contributed by atoms with van der Waals surface area (Å²) in [6, 6.07) is 4.15. The smallest absolute Gasteiger partial charge is 0.191 e.